The molecule has 1 atom stereocenters. The molecule has 0 bridgehead atoms. The molecule has 0 saturated heterocycles. The van der Waals surface area contributed by atoms with E-state index in [1.54, 1.807) is 6.07 Å². The molecule has 0 radical (unpaired) electrons. The van der Waals surface area contributed by atoms with Crippen molar-refractivity contribution in [1.82, 2.24) is 0 Å². The van der Waals surface area contributed by atoms with E-state index in [-0.39, 0.29) is 18.2 Å². The van der Waals surface area contributed by atoms with Gasteiger partial charge in [0.2, 0.25) is 0 Å². The van der Waals surface area contributed by atoms with Crippen LogP contribution in [0.15, 0.2) is 30.9 Å². The number of halogens is 1. The van der Waals surface area contributed by atoms with Crippen LogP contribution < -0.4 is 5.73 Å². The van der Waals surface area contributed by atoms with Crippen LogP contribution in [0.1, 0.15) is 17.2 Å². The van der Waals surface area contributed by atoms with Crippen LogP contribution in [0.2, 0.25) is 0 Å². The minimum atomic E-state index is -0.433. The fourth-order valence-electron chi connectivity index (χ4n) is 1.04. The number of benzene rings is 1. The lowest BCUT2D eigenvalue weighted by atomic mass is 10.1. The molecule has 1 aromatic carbocycles. The Labute approximate surface area is 76.5 Å². The molecule has 70 valence electrons. The Morgan fingerprint density at radius 1 is 1.62 bits per heavy atom. The summed E-state index contributed by atoms with van der Waals surface area (Å²) in [5.41, 5.74) is 6.54. The van der Waals surface area contributed by atoms with Gasteiger partial charge >= 0.3 is 0 Å². The maximum Gasteiger partial charge on any atom is 0.129 e. The van der Waals surface area contributed by atoms with Crippen molar-refractivity contribution in [2.75, 3.05) is 0 Å². The maximum absolute atomic E-state index is 13.1. The van der Waals surface area contributed by atoms with Crippen LogP contribution in [0.4, 0.5) is 4.39 Å². The summed E-state index contributed by atoms with van der Waals surface area (Å²) in [7, 11) is 0. The standard InChI is InChI=1S/C10H12FNO/c1-2-10(12)7-3-4-8(6-13)9(11)5-7/h2-5,10,13H,1,6,12H2/t10-/m1/s1. The number of aliphatic hydroxyl groups excluding tert-OH is 1. The summed E-state index contributed by atoms with van der Waals surface area (Å²) in [6, 6.07) is 4.16. The van der Waals surface area contributed by atoms with Crippen molar-refractivity contribution < 1.29 is 9.50 Å². The Balaban J connectivity index is 3.02. The lowest BCUT2D eigenvalue weighted by Gasteiger charge is -2.07. The number of aliphatic hydroxyl groups is 1. The first-order valence-electron chi connectivity index (χ1n) is 3.96. The zero-order valence-corrected chi connectivity index (χ0v) is 7.20. The van der Waals surface area contributed by atoms with Gasteiger partial charge < -0.3 is 10.8 Å². The molecular weight excluding hydrogens is 169 g/mol. The van der Waals surface area contributed by atoms with Gasteiger partial charge in [0.15, 0.2) is 0 Å². The molecule has 0 amide bonds. The quantitative estimate of drug-likeness (QED) is 0.694. The van der Waals surface area contributed by atoms with Gasteiger partial charge in [-0.3, -0.25) is 0 Å². The topological polar surface area (TPSA) is 46.2 Å². The van der Waals surface area contributed by atoms with Crippen molar-refractivity contribution in [1.29, 1.82) is 0 Å². The molecule has 1 aromatic rings. The van der Waals surface area contributed by atoms with E-state index in [2.05, 4.69) is 6.58 Å². The molecule has 0 fully saturated rings. The van der Waals surface area contributed by atoms with E-state index in [9.17, 15) is 4.39 Å². The third-order valence-corrected chi connectivity index (χ3v) is 1.89. The average Bonchev–Trinajstić information content (AvgIpc) is 2.16. The highest BCUT2D eigenvalue weighted by atomic mass is 19.1. The van der Waals surface area contributed by atoms with Crippen molar-refractivity contribution in [2.24, 2.45) is 5.73 Å². The van der Waals surface area contributed by atoms with Gasteiger partial charge in [-0.25, -0.2) is 4.39 Å². The van der Waals surface area contributed by atoms with E-state index in [1.807, 2.05) is 0 Å². The number of nitrogens with two attached hydrogens (primary N) is 1. The Morgan fingerprint density at radius 2 is 2.31 bits per heavy atom. The van der Waals surface area contributed by atoms with E-state index in [4.69, 9.17) is 10.8 Å². The molecule has 1 rings (SSSR count). The van der Waals surface area contributed by atoms with Crippen molar-refractivity contribution in [3.63, 3.8) is 0 Å². The van der Waals surface area contributed by atoms with Crippen molar-refractivity contribution >= 4 is 0 Å². The second-order valence-electron chi connectivity index (χ2n) is 2.77. The molecule has 0 heterocycles. The van der Waals surface area contributed by atoms with Crippen molar-refractivity contribution in [2.45, 2.75) is 12.6 Å². The summed E-state index contributed by atoms with van der Waals surface area (Å²) in [6.07, 6.45) is 1.54. The molecule has 0 saturated carbocycles. The van der Waals surface area contributed by atoms with Gasteiger partial charge in [-0.05, 0) is 11.6 Å². The molecule has 2 nitrogen and oxygen atoms in total. The average molecular weight is 181 g/mol. The highest BCUT2D eigenvalue weighted by Gasteiger charge is 2.05. The summed E-state index contributed by atoms with van der Waals surface area (Å²) in [5, 5.41) is 8.71. The first-order valence-corrected chi connectivity index (χ1v) is 3.96. The van der Waals surface area contributed by atoms with Gasteiger partial charge in [0.25, 0.3) is 0 Å². The van der Waals surface area contributed by atoms with E-state index in [0.717, 1.165) is 0 Å². The van der Waals surface area contributed by atoms with E-state index < -0.39 is 5.82 Å². The van der Waals surface area contributed by atoms with E-state index in [1.165, 1.54) is 18.2 Å². The third kappa shape index (κ3) is 2.14. The highest BCUT2D eigenvalue weighted by Crippen LogP contribution is 2.15. The van der Waals surface area contributed by atoms with Crippen molar-refractivity contribution in [3.8, 4) is 0 Å². The van der Waals surface area contributed by atoms with Crippen LogP contribution in [0.5, 0.6) is 0 Å². The summed E-state index contributed by atoms with van der Waals surface area (Å²) in [5.74, 6) is -0.433. The Kier molecular flexibility index (Phi) is 3.17. The minimum absolute atomic E-state index is 0.278. The van der Waals surface area contributed by atoms with Crippen molar-refractivity contribution in [3.05, 3.63) is 47.8 Å². The Bertz CT molecular complexity index is 312. The summed E-state index contributed by atoms with van der Waals surface area (Å²) >= 11 is 0. The zero-order chi connectivity index (χ0) is 9.84. The van der Waals surface area contributed by atoms with Crippen LogP contribution in [0.25, 0.3) is 0 Å². The number of rotatable bonds is 3. The predicted octanol–water partition coefficient (Wildman–Crippen LogP) is 1.50. The molecule has 3 N–H and O–H groups in total. The number of hydrogen-bond acceptors (Lipinski definition) is 2. The molecule has 3 heteroatoms. The minimum Gasteiger partial charge on any atom is -0.392 e. The molecule has 0 aliphatic heterocycles. The SMILES string of the molecule is C=C[C@@H](N)c1ccc(CO)c(F)c1. The predicted molar refractivity (Wildman–Crippen MR) is 49.4 cm³/mol. The molecule has 0 spiro atoms. The van der Waals surface area contributed by atoms with Crippen LogP contribution in [0, 0.1) is 5.82 Å². The Hall–Kier alpha value is -1.19. The third-order valence-electron chi connectivity index (χ3n) is 1.89. The van der Waals surface area contributed by atoms with Crippen LogP contribution in [-0.2, 0) is 6.61 Å². The zero-order valence-electron chi connectivity index (χ0n) is 7.20. The summed E-state index contributed by atoms with van der Waals surface area (Å²) < 4.78 is 13.1. The Morgan fingerprint density at radius 3 is 2.77 bits per heavy atom. The fourth-order valence-corrected chi connectivity index (χ4v) is 1.04. The molecule has 13 heavy (non-hydrogen) atoms. The van der Waals surface area contributed by atoms with Gasteiger partial charge in [-0.15, -0.1) is 6.58 Å². The van der Waals surface area contributed by atoms with Crippen LogP contribution in [-0.4, -0.2) is 5.11 Å². The monoisotopic (exact) mass is 181 g/mol. The smallest absolute Gasteiger partial charge is 0.129 e. The lowest BCUT2D eigenvalue weighted by molar-refractivity contribution is 0.275. The normalized spacial score (nSPS) is 12.5. The van der Waals surface area contributed by atoms with Gasteiger partial charge in [0, 0.05) is 11.6 Å². The molecular formula is C10H12FNO. The second kappa shape index (κ2) is 4.16. The largest absolute Gasteiger partial charge is 0.392 e. The molecule has 0 aromatic heterocycles. The summed E-state index contributed by atoms with van der Waals surface area (Å²) in [6.45, 7) is 3.22. The van der Waals surface area contributed by atoms with Crippen LogP contribution >= 0.6 is 0 Å². The second-order valence-corrected chi connectivity index (χ2v) is 2.77. The van der Waals surface area contributed by atoms with Gasteiger partial charge in [-0.1, -0.05) is 18.2 Å². The highest BCUT2D eigenvalue weighted by molar-refractivity contribution is 5.27. The number of hydrogen-bond donors (Lipinski definition) is 2. The maximum atomic E-state index is 13.1. The lowest BCUT2D eigenvalue weighted by Crippen LogP contribution is -2.07. The molecule has 0 aliphatic carbocycles. The van der Waals surface area contributed by atoms with E-state index in [0.29, 0.717) is 5.56 Å². The van der Waals surface area contributed by atoms with Gasteiger partial charge in [-0.2, -0.15) is 0 Å². The summed E-state index contributed by atoms with van der Waals surface area (Å²) in [4.78, 5) is 0. The molecule has 0 aliphatic rings. The van der Waals surface area contributed by atoms with Gasteiger partial charge in [0.05, 0.1) is 6.61 Å². The van der Waals surface area contributed by atoms with Crippen LogP contribution in [0.3, 0.4) is 0 Å². The first-order chi connectivity index (χ1) is 6.19. The fraction of sp³-hybridized carbons (Fsp3) is 0.200. The molecule has 0 unspecified atom stereocenters. The van der Waals surface area contributed by atoms with Gasteiger partial charge in [0.1, 0.15) is 5.82 Å². The first kappa shape index (κ1) is 9.89. The van der Waals surface area contributed by atoms with E-state index >= 15 is 0 Å².